The van der Waals surface area contributed by atoms with E-state index in [-0.39, 0.29) is 5.82 Å². The van der Waals surface area contributed by atoms with Crippen LogP contribution in [0.4, 0.5) is 10.1 Å². The predicted octanol–water partition coefficient (Wildman–Crippen LogP) is 2.25. The van der Waals surface area contributed by atoms with Gasteiger partial charge in [-0.3, -0.25) is 4.79 Å². The zero-order chi connectivity index (χ0) is 14.5. The van der Waals surface area contributed by atoms with E-state index >= 15 is 0 Å². The highest BCUT2D eigenvalue weighted by molar-refractivity contribution is 5.73. The second-order valence-electron chi connectivity index (χ2n) is 5.18. The Labute approximate surface area is 118 Å². The van der Waals surface area contributed by atoms with Crippen molar-refractivity contribution < 1.29 is 14.3 Å². The van der Waals surface area contributed by atoms with Gasteiger partial charge in [0.15, 0.2) is 0 Å². The molecular formula is C15H21FN2O2. The molecule has 1 aliphatic rings. The summed E-state index contributed by atoms with van der Waals surface area (Å²) in [5.41, 5.74) is 0.921. The molecule has 1 saturated carbocycles. The molecule has 2 N–H and O–H groups in total. The van der Waals surface area contributed by atoms with Gasteiger partial charge in [0.1, 0.15) is 11.9 Å². The molecule has 20 heavy (non-hydrogen) atoms. The highest BCUT2D eigenvalue weighted by atomic mass is 19.1. The molecule has 0 aromatic heterocycles. The number of halogens is 1. The van der Waals surface area contributed by atoms with Crippen LogP contribution < -0.4 is 10.2 Å². The minimum atomic E-state index is -0.799. The Morgan fingerprint density at radius 1 is 1.45 bits per heavy atom. The number of carbonyl (C=O) groups is 1. The fourth-order valence-electron chi connectivity index (χ4n) is 2.22. The molecule has 0 aliphatic heterocycles. The predicted molar refractivity (Wildman–Crippen MR) is 76.5 cm³/mol. The monoisotopic (exact) mass is 280 g/mol. The van der Waals surface area contributed by atoms with E-state index in [1.165, 1.54) is 12.1 Å². The van der Waals surface area contributed by atoms with Crippen LogP contribution in [0, 0.1) is 5.82 Å². The summed E-state index contributed by atoms with van der Waals surface area (Å²) in [6.07, 6.45) is 2.68. The summed E-state index contributed by atoms with van der Waals surface area (Å²) in [4.78, 5) is 13.3. The van der Waals surface area contributed by atoms with Crippen LogP contribution in [-0.2, 0) is 4.79 Å². The molecule has 0 heterocycles. The number of aliphatic carboxylic acids is 1. The maximum absolute atomic E-state index is 12.9. The van der Waals surface area contributed by atoms with Gasteiger partial charge >= 0.3 is 5.97 Å². The number of hydrogen-bond donors (Lipinski definition) is 2. The Morgan fingerprint density at radius 3 is 2.60 bits per heavy atom. The van der Waals surface area contributed by atoms with Crippen molar-refractivity contribution in [1.82, 2.24) is 5.32 Å². The number of nitrogens with one attached hydrogen (secondary N) is 1. The number of rotatable bonds is 8. The summed E-state index contributed by atoms with van der Waals surface area (Å²) in [5.74, 6) is -1.06. The van der Waals surface area contributed by atoms with E-state index in [0.29, 0.717) is 19.0 Å². The topological polar surface area (TPSA) is 52.6 Å². The zero-order valence-electron chi connectivity index (χ0n) is 11.7. The highest BCUT2D eigenvalue weighted by Gasteiger charge is 2.28. The molecule has 1 unspecified atom stereocenters. The average Bonchev–Trinajstić information content (AvgIpc) is 3.23. The second kappa shape index (κ2) is 6.70. The normalized spacial score (nSPS) is 15.9. The van der Waals surface area contributed by atoms with Gasteiger partial charge in [-0.05, 0) is 50.5 Å². The first-order valence-electron chi connectivity index (χ1n) is 7.09. The highest BCUT2D eigenvalue weighted by Crippen LogP contribution is 2.21. The second-order valence-corrected chi connectivity index (χ2v) is 5.18. The van der Waals surface area contributed by atoms with Crippen LogP contribution in [0.5, 0.6) is 0 Å². The van der Waals surface area contributed by atoms with Gasteiger partial charge in [-0.25, -0.2) is 4.39 Å². The SMILES string of the molecule is CCN(CCC(NC1CC1)C(=O)O)c1ccc(F)cc1. The van der Waals surface area contributed by atoms with Crippen LogP contribution in [0.1, 0.15) is 26.2 Å². The van der Waals surface area contributed by atoms with Crippen LogP contribution in [0.15, 0.2) is 24.3 Å². The van der Waals surface area contributed by atoms with Crippen molar-refractivity contribution in [2.24, 2.45) is 0 Å². The van der Waals surface area contributed by atoms with Crippen molar-refractivity contribution in [1.29, 1.82) is 0 Å². The first-order valence-corrected chi connectivity index (χ1v) is 7.09. The molecular weight excluding hydrogens is 259 g/mol. The van der Waals surface area contributed by atoms with Gasteiger partial charge in [-0.15, -0.1) is 0 Å². The van der Waals surface area contributed by atoms with Crippen molar-refractivity contribution in [3.63, 3.8) is 0 Å². The van der Waals surface area contributed by atoms with Crippen LogP contribution in [0.25, 0.3) is 0 Å². The smallest absolute Gasteiger partial charge is 0.320 e. The van der Waals surface area contributed by atoms with E-state index in [2.05, 4.69) is 10.2 Å². The lowest BCUT2D eigenvalue weighted by molar-refractivity contribution is -0.139. The molecule has 1 fully saturated rings. The molecule has 1 aromatic carbocycles. The summed E-state index contributed by atoms with van der Waals surface area (Å²) in [5, 5.41) is 12.4. The number of anilines is 1. The molecule has 1 aliphatic carbocycles. The molecule has 0 amide bonds. The number of hydrogen-bond acceptors (Lipinski definition) is 3. The third kappa shape index (κ3) is 4.20. The average molecular weight is 280 g/mol. The molecule has 5 heteroatoms. The Morgan fingerprint density at radius 2 is 2.10 bits per heavy atom. The molecule has 0 saturated heterocycles. The fraction of sp³-hybridized carbons (Fsp3) is 0.533. The van der Waals surface area contributed by atoms with Crippen molar-refractivity contribution in [3.8, 4) is 0 Å². The third-order valence-electron chi connectivity index (χ3n) is 3.57. The summed E-state index contributed by atoms with van der Waals surface area (Å²) < 4.78 is 12.9. The number of carboxylic acid groups (broad SMARTS) is 1. The number of nitrogens with zero attached hydrogens (tertiary/aromatic N) is 1. The van der Waals surface area contributed by atoms with Gasteiger partial charge in [0, 0.05) is 24.8 Å². The van der Waals surface area contributed by atoms with Gasteiger partial charge in [0.05, 0.1) is 0 Å². The Hall–Kier alpha value is -1.62. The van der Waals surface area contributed by atoms with Gasteiger partial charge in [0.25, 0.3) is 0 Å². The maximum atomic E-state index is 12.9. The molecule has 4 nitrogen and oxygen atoms in total. The summed E-state index contributed by atoms with van der Waals surface area (Å²) >= 11 is 0. The van der Waals surface area contributed by atoms with E-state index < -0.39 is 12.0 Å². The zero-order valence-corrected chi connectivity index (χ0v) is 11.7. The maximum Gasteiger partial charge on any atom is 0.320 e. The fourth-order valence-corrected chi connectivity index (χ4v) is 2.22. The Kier molecular flexibility index (Phi) is 4.95. The van der Waals surface area contributed by atoms with Crippen LogP contribution in [0.2, 0.25) is 0 Å². The van der Waals surface area contributed by atoms with E-state index in [4.69, 9.17) is 0 Å². The van der Waals surface area contributed by atoms with Crippen LogP contribution in [0.3, 0.4) is 0 Å². The summed E-state index contributed by atoms with van der Waals surface area (Å²) in [6.45, 7) is 3.41. The van der Waals surface area contributed by atoms with Crippen molar-refractivity contribution in [2.75, 3.05) is 18.0 Å². The Bertz CT molecular complexity index is 446. The number of carboxylic acids is 1. The quantitative estimate of drug-likeness (QED) is 0.767. The van der Waals surface area contributed by atoms with Gasteiger partial charge < -0.3 is 15.3 Å². The van der Waals surface area contributed by atoms with Crippen molar-refractivity contribution in [2.45, 2.75) is 38.3 Å². The molecule has 0 bridgehead atoms. The van der Waals surface area contributed by atoms with Crippen molar-refractivity contribution in [3.05, 3.63) is 30.1 Å². The summed E-state index contributed by atoms with van der Waals surface area (Å²) in [7, 11) is 0. The van der Waals surface area contributed by atoms with E-state index in [0.717, 1.165) is 25.1 Å². The lowest BCUT2D eigenvalue weighted by atomic mass is 10.2. The van der Waals surface area contributed by atoms with E-state index in [1.807, 2.05) is 6.92 Å². The van der Waals surface area contributed by atoms with Gasteiger partial charge in [-0.2, -0.15) is 0 Å². The minimum absolute atomic E-state index is 0.261. The molecule has 0 radical (unpaired) electrons. The van der Waals surface area contributed by atoms with Crippen LogP contribution >= 0.6 is 0 Å². The standard InChI is InChI=1S/C15H21FN2O2/c1-2-18(13-7-3-11(16)4-8-13)10-9-14(15(19)20)17-12-5-6-12/h3-4,7-8,12,14,17H,2,5-6,9-10H2,1H3,(H,19,20). The molecule has 1 atom stereocenters. The lowest BCUT2D eigenvalue weighted by Gasteiger charge is -2.25. The largest absolute Gasteiger partial charge is 0.480 e. The van der Waals surface area contributed by atoms with E-state index in [1.54, 1.807) is 12.1 Å². The Balaban J connectivity index is 1.91. The minimum Gasteiger partial charge on any atom is -0.480 e. The van der Waals surface area contributed by atoms with Gasteiger partial charge in [0.2, 0.25) is 0 Å². The third-order valence-corrected chi connectivity index (χ3v) is 3.57. The lowest BCUT2D eigenvalue weighted by Crippen LogP contribution is -2.41. The van der Waals surface area contributed by atoms with Crippen molar-refractivity contribution >= 4 is 11.7 Å². The number of benzene rings is 1. The van der Waals surface area contributed by atoms with Gasteiger partial charge in [-0.1, -0.05) is 0 Å². The van der Waals surface area contributed by atoms with Crippen LogP contribution in [-0.4, -0.2) is 36.2 Å². The first kappa shape index (κ1) is 14.8. The molecule has 0 spiro atoms. The molecule has 2 rings (SSSR count). The van der Waals surface area contributed by atoms with E-state index in [9.17, 15) is 14.3 Å². The first-order chi connectivity index (χ1) is 9.60. The summed E-state index contributed by atoms with van der Waals surface area (Å²) in [6, 6.07) is 6.17. The molecule has 1 aromatic rings. The molecule has 110 valence electrons.